The molecular formula is C12H14N4O3. The van der Waals surface area contributed by atoms with Crippen molar-refractivity contribution in [1.29, 1.82) is 5.26 Å². The van der Waals surface area contributed by atoms with Crippen LogP contribution in [0.5, 0.6) is 0 Å². The first-order chi connectivity index (χ1) is 9.16. The molecule has 1 aliphatic rings. The maximum Gasteiger partial charge on any atom is 0.311 e. The lowest BCUT2D eigenvalue weighted by Gasteiger charge is -2.33. The number of aromatic nitrogens is 2. The Morgan fingerprint density at radius 1 is 1.47 bits per heavy atom. The second kappa shape index (κ2) is 5.63. The van der Waals surface area contributed by atoms with Gasteiger partial charge in [0.15, 0.2) is 5.69 Å². The lowest BCUT2D eigenvalue weighted by atomic mass is 9.80. The van der Waals surface area contributed by atoms with Gasteiger partial charge in [0, 0.05) is 19.8 Å². The van der Waals surface area contributed by atoms with E-state index in [-0.39, 0.29) is 12.2 Å². The Bertz CT molecular complexity index is 489. The average Bonchev–Trinajstić information content (AvgIpc) is 2.46. The van der Waals surface area contributed by atoms with Gasteiger partial charge in [-0.3, -0.25) is 4.79 Å². The van der Waals surface area contributed by atoms with Crippen LogP contribution in [0.25, 0.3) is 0 Å². The van der Waals surface area contributed by atoms with E-state index in [1.54, 1.807) is 0 Å². The van der Waals surface area contributed by atoms with E-state index < -0.39 is 11.4 Å². The number of hydrogen-bond acceptors (Lipinski definition) is 6. The highest BCUT2D eigenvalue weighted by Crippen LogP contribution is 2.31. The number of nitrogens with zero attached hydrogens (tertiary/aromatic N) is 3. The van der Waals surface area contributed by atoms with Crippen LogP contribution in [0, 0.1) is 16.7 Å². The molecule has 0 aromatic carbocycles. The van der Waals surface area contributed by atoms with Crippen molar-refractivity contribution in [3.05, 3.63) is 18.1 Å². The zero-order valence-corrected chi connectivity index (χ0v) is 10.3. The summed E-state index contributed by atoms with van der Waals surface area (Å²) in [6, 6.07) is 1.87. The number of carbonyl (C=O) groups is 1. The number of nitriles is 1. The predicted molar refractivity (Wildman–Crippen MR) is 65.4 cm³/mol. The van der Waals surface area contributed by atoms with Crippen LogP contribution in [0.2, 0.25) is 0 Å². The molecule has 7 nitrogen and oxygen atoms in total. The lowest BCUT2D eigenvalue weighted by Crippen LogP contribution is -2.42. The van der Waals surface area contributed by atoms with Gasteiger partial charge in [0.2, 0.25) is 0 Å². The predicted octanol–water partition coefficient (Wildman–Crippen LogP) is 0.642. The molecule has 0 spiro atoms. The van der Waals surface area contributed by atoms with Crippen molar-refractivity contribution in [3.8, 4) is 6.07 Å². The Kier molecular flexibility index (Phi) is 3.92. The SMILES string of the molecule is N#Cc1cnc(NCC2(C(=O)O)CCOCC2)cn1. The summed E-state index contributed by atoms with van der Waals surface area (Å²) in [6.07, 6.45) is 3.71. The largest absolute Gasteiger partial charge is 0.481 e. The standard InChI is InChI=1S/C12H14N4O3/c13-5-9-6-15-10(7-14-9)16-8-12(11(17)18)1-3-19-4-2-12/h6-7H,1-4,8H2,(H,15,16)(H,17,18). The van der Waals surface area contributed by atoms with Crippen molar-refractivity contribution in [2.24, 2.45) is 5.41 Å². The van der Waals surface area contributed by atoms with Crippen LogP contribution in [0.1, 0.15) is 18.5 Å². The van der Waals surface area contributed by atoms with Gasteiger partial charge in [-0.15, -0.1) is 0 Å². The zero-order chi connectivity index (χ0) is 13.7. The molecule has 1 aromatic heterocycles. The molecule has 0 unspecified atom stereocenters. The fourth-order valence-electron chi connectivity index (χ4n) is 1.97. The lowest BCUT2D eigenvalue weighted by molar-refractivity contribution is -0.153. The average molecular weight is 262 g/mol. The summed E-state index contributed by atoms with van der Waals surface area (Å²) in [5.74, 6) is -0.365. The minimum Gasteiger partial charge on any atom is -0.481 e. The summed E-state index contributed by atoms with van der Waals surface area (Å²) in [4.78, 5) is 19.3. The van der Waals surface area contributed by atoms with Crippen molar-refractivity contribution >= 4 is 11.8 Å². The fourth-order valence-corrected chi connectivity index (χ4v) is 1.97. The van der Waals surface area contributed by atoms with Crippen molar-refractivity contribution < 1.29 is 14.6 Å². The number of ether oxygens (including phenoxy) is 1. The quantitative estimate of drug-likeness (QED) is 0.819. The van der Waals surface area contributed by atoms with Gasteiger partial charge in [-0.05, 0) is 12.8 Å². The highest BCUT2D eigenvalue weighted by Gasteiger charge is 2.40. The fraction of sp³-hybridized carbons (Fsp3) is 0.500. The van der Waals surface area contributed by atoms with E-state index in [4.69, 9.17) is 10.00 Å². The summed E-state index contributed by atoms with van der Waals surface area (Å²) in [5, 5.41) is 21.0. The number of rotatable bonds is 4. The Balaban J connectivity index is 2.02. The molecule has 0 bridgehead atoms. The summed E-state index contributed by atoms with van der Waals surface area (Å²) in [7, 11) is 0. The molecule has 2 N–H and O–H groups in total. The van der Waals surface area contributed by atoms with E-state index in [9.17, 15) is 9.90 Å². The number of carboxylic acids is 1. The number of carboxylic acid groups (broad SMARTS) is 1. The van der Waals surface area contributed by atoms with Crippen molar-refractivity contribution in [3.63, 3.8) is 0 Å². The molecule has 0 atom stereocenters. The number of aliphatic carboxylic acids is 1. The maximum absolute atomic E-state index is 11.4. The molecule has 0 saturated carbocycles. The molecular weight excluding hydrogens is 248 g/mol. The summed E-state index contributed by atoms with van der Waals surface area (Å²) < 4.78 is 5.20. The van der Waals surface area contributed by atoms with Gasteiger partial charge in [0.1, 0.15) is 11.9 Å². The molecule has 7 heteroatoms. The Morgan fingerprint density at radius 2 is 2.21 bits per heavy atom. The molecule has 1 fully saturated rings. The molecule has 0 aliphatic carbocycles. The van der Waals surface area contributed by atoms with Crippen molar-refractivity contribution in [2.75, 3.05) is 25.1 Å². The van der Waals surface area contributed by atoms with E-state index in [2.05, 4.69) is 15.3 Å². The minimum absolute atomic E-state index is 0.226. The van der Waals surface area contributed by atoms with Gasteiger partial charge in [0.05, 0.1) is 17.8 Å². The van der Waals surface area contributed by atoms with Crippen molar-refractivity contribution in [2.45, 2.75) is 12.8 Å². The third-order valence-corrected chi connectivity index (χ3v) is 3.28. The van der Waals surface area contributed by atoms with E-state index >= 15 is 0 Å². The van der Waals surface area contributed by atoms with Crippen LogP contribution < -0.4 is 5.32 Å². The molecule has 0 radical (unpaired) electrons. The van der Waals surface area contributed by atoms with Gasteiger partial charge < -0.3 is 15.2 Å². The minimum atomic E-state index is -0.829. The van der Waals surface area contributed by atoms with E-state index in [1.165, 1.54) is 12.4 Å². The van der Waals surface area contributed by atoms with Gasteiger partial charge >= 0.3 is 5.97 Å². The zero-order valence-electron chi connectivity index (χ0n) is 10.3. The van der Waals surface area contributed by atoms with Crippen LogP contribution in [0.15, 0.2) is 12.4 Å². The normalized spacial score (nSPS) is 17.4. The van der Waals surface area contributed by atoms with Gasteiger partial charge in [0.25, 0.3) is 0 Å². The Labute approximate surface area is 110 Å². The number of nitrogens with one attached hydrogen (secondary N) is 1. The Morgan fingerprint density at radius 3 is 2.74 bits per heavy atom. The monoisotopic (exact) mass is 262 g/mol. The van der Waals surface area contributed by atoms with Crippen LogP contribution in [-0.4, -0.2) is 40.8 Å². The van der Waals surface area contributed by atoms with E-state index in [1.807, 2.05) is 6.07 Å². The van der Waals surface area contributed by atoms with Crippen LogP contribution >= 0.6 is 0 Å². The highest BCUT2D eigenvalue weighted by atomic mass is 16.5. The molecule has 2 rings (SSSR count). The third-order valence-electron chi connectivity index (χ3n) is 3.28. The van der Waals surface area contributed by atoms with Gasteiger partial charge in [-0.1, -0.05) is 0 Å². The number of hydrogen-bond donors (Lipinski definition) is 2. The molecule has 100 valence electrons. The highest BCUT2D eigenvalue weighted by molar-refractivity contribution is 5.75. The summed E-state index contributed by atoms with van der Waals surface area (Å²) >= 11 is 0. The second-order valence-corrected chi connectivity index (χ2v) is 4.45. The molecule has 2 heterocycles. The second-order valence-electron chi connectivity index (χ2n) is 4.45. The van der Waals surface area contributed by atoms with Crippen molar-refractivity contribution in [1.82, 2.24) is 9.97 Å². The first-order valence-corrected chi connectivity index (χ1v) is 5.93. The Hall–Kier alpha value is -2.20. The summed E-state index contributed by atoms with van der Waals surface area (Å²) in [5.41, 5.74) is -0.599. The maximum atomic E-state index is 11.4. The molecule has 0 amide bonds. The van der Waals surface area contributed by atoms with Crippen LogP contribution in [0.4, 0.5) is 5.82 Å². The van der Waals surface area contributed by atoms with Crippen LogP contribution in [0.3, 0.4) is 0 Å². The first-order valence-electron chi connectivity index (χ1n) is 5.93. The van der Waals surface area contributed by atoms with E-state index in [0.29, 0.717) is 31.9 Å². The summed E-state index contributed by atoms with van der Waals surface area (Å²) in [6.45, 7) is 1.17. The topological polar surface area (TPSA) is 108 Å². The molecule has 1 aromatic rings. The van der Waals surface area contributed by atoms with Crippen LogP contribution in [-0.2, 0) is 9.53 Å². The third kappa shape index (κ3) is 2.98. The smallest absolute Gasteiger partial charge is 0.311 e. The van der Waals surface area contributed by atoms with Gasteiger partial charge in [-0.25, -0.2) is 9.97 Å². The molecule has 19 heavy (non-hydrogen) atoms. The number of anilines is 1. The molecule has 1 saturated heterocycles. The molecule has 1 aliphatic heterocycles. The first kappa shape index (κ1) is 13.2. The van der Waals surface area contributed by atoms with Gasteiger partial charge in [-0.2, -0.15) is 5.26 Å². The van der Waals surface area contributed by atoms with E-state index in [0.717, 1.165) is 0 Å².